The first-order valence-electron chi connectivity index (χ1n) is 0.756. The molecule has 0 N–H and O–H groups in total. The van der Waals surface area contributed by atoms with Crippen molar-refractivity contribution in [2.45, 2.75) is 0 Å². The van der Waals surface area contributed by atoms with Gasteiger partial charge in [-0.15, -0.1) is 44.3 Å². The van der Waals surface area contributed by atoms with E-state index in [4.69, 9.17) is 44.3 Å². The van der Waals surface area contributed by atoms with Gasteiger partial charge in [-0.3, -0.25) is 0 Å². The summed E-state index contributed by atoms with van der Waals surface area (Å²) in [5.41, 5.74) is 0. The van der Waals surface area contributed by atoms with Crippen LogP contribution < -0.4 is 0 Å². The van der Waals surface area contributed by atoms with Gasteiger partial charge in [-0.2, -0.15) is 0 Å². The van der Waals surface area contributed by atoms with E-state index < -0.39 is 5.31 Å². The summed E-state index contributed by atoms with van der Waals surface area (Å²) in [6.45, 7) is 0. The Hall–Kier alpha value is 1.55. The monoisotopic (exact) mass is 179 g/mol. The van der Waals surface area contributed by atoms with Crippen molar-refractivity contribution in [3.8, 4) is 0 Å². The molecule has 0 amide bonds. The number of hydrogen-bond donors (Lipinski definition) is 0. The Kier molecular flexibility index (Phi) is 6.19. The van der Waals surface area contributed by atoms with E-state index in [1.165, 1.54) is 0 Å². The van der Waals surface area contributed by atoms with Crippen molar-refractivity contribution >= 4 is 59.8 Å². The Bertz CT molecular complexity index is 23.0. The summed E-state index contributed by atoms with van der Waals surface area (Å²) in [7, 11) is 0. The summed E-state index contributed by atoms with van der Waals surface area (Å²) in [5.74, 6) is 0. The van der Waals surface area contributed by atoms with Crippen molar-refractivity contribution in [1.29, 1.82) is 0 Å². The van der Waals surface area contributed by atoms with Crippen LogP contribution in [0.3, 0.4) is 0 Å². The molecule has 0 aromatic heterocycles. The van der Waals surface area contributed by atoms with Gasteiger partial charge < -0.3 is 0 Å². The maximum absolute atomic E-state index is 4.97. The van der Waals surface area contributed by atoms with Gasteiger partial charge in [0.2, 0.25) is 0 Å². The number of hydrogen-bond acceptors (Lipinski definition) is 0. The molecule has 6 heavy (non-hydrogen) atoms. The molecule has 0 aromatic rings. The maximum atomic E-state index is 4.97. The molecule has 0 aliphatic rings. The van der Waals surface area contributed by atoms with Gasteiger partial charge >= 0.3 is 15.4 Å². The Morgan fingerprint density at radius 2 is 0.833 bits per heavy atom. The normalized spacial score (nSPS) is 10.0. The molecule has 0 atom stereocenters. The molecule has 0 nitrogen and oxygen atoms in total. The fraction of sp³-hybridized carbons (Fsp3) is 0. The van der Waals surface area contributed by atoms with Gasteiger partial charge in [0.25, 0.3) is 0 Å². The van der Waals surface area contributed by atoms with Crippen LogP contribution in [0.15, 0.2) is 0 Å². The van der Waals surface area contributed by atoms with Crippen LogP contribution in [0.4, 0.5) is 0 Å². The predicted molar refractivity (Wildman–Crippen MR) is 37.7 cm³/mol. The number of halogens is 4. The second kappa shape index (κ2) is 3.54. The zero-order chi connectivity index (χ0) is 4.50. The van der Waals surface area contributed by atoms with Crippen molar-refractivity contribution in [1.82, 2.24) is 0 Å². The SMILES string of the molecule is Cl[Si](Cl)(Cl)Cl.[BeH2]. The van der Waals surface area contributed by atoms with Crippen molar-refractivity contribution in [3.63, 3.8) is 0 Å². The molecule has 6 heteroatoms. The Balaban J connectivity index is 0. The molecule has 36 valence electrons. The predicted octanol–water partition coefficient (Wildman–Crippen LogP) is 1.46. The van der Waals surface area contributed by atoms with E-state index in [1.54, 1.807) is 0 Å². The minimum absolute atomic E-state index is 0. The molecule has 0 saturated heterocycles. The fourth-order valence-electron chi connectivity index (χ4n) is 0. The van der Waals surface area contributed by atoms with Gasteiger partial charge in [-0.25, -0.2) is 0 Å². The second-order valence-corrected chi connectivity index (χ2v) is 11.6. The van der Waals surface area contributed by atoms with Gasteiger partial charge in [0.1, 0.15) is 0 Å². The third kappa shape index (κ3) is 48.0. The summed E-state index contributed by atoms with van der Waals surface area (Å²) >= 11 is 19.9. The second-order valence-electron chi connectivity index (χ2n) is 0.429. The van der Waals surface area contributed by atoms with Crippen LogP contribution in [0.25, 0.3) is 0 Å². The third-order valence-electron chi connectivity index (χ3n) is 0. The van der Waals surface area contributed by atoms with Crippen LogP contribution in [0.5, 0.6) is 0 Å². The molecule has 0 unspecified atom stereocenters. The molecular weight excluding hydrogens is 179 g/mol. The average molecular weight is 181 g/mol. The van der Waals surface area contributed by atoms with Crippen molar-refractivity contribution in [2.75, 3.05) is 0 Å². The molecule has 0 spiro atoms. The van der Waals surface area contributed by atoms with E-state index in [0.29, 0.717) is 0 Å². The molecular formula is H2BeCl4Si. The Labute approximate surface area is 59.8 Å². The molecule has 0 rings (SSSR count). The molecule has 0 aromatic carbocycles. The van der Waals surface area contributed by atoms with E-state index in [0.717, 1.165) is 0 Å². The molecule has 0 saturated carbocycles. The van der Waals surface area contributed by atoms with Crippen molar-refractivity contribution in [3.05, 3.63) is 0 Å². The Morgan fingerprint density at radius 1 is 0.833 bits per heavy atom. The summed E-state index contributed by atoms with van der Waals surface area (Å²) in [6.07, 6.45) is 0. The van der Waals surface area contributed by atoms with E-state index in [9.17, 15) is 0 Å². The van der Waals surface area contributed by atoms with Gasteiger partial charge in [-0.1, -0.05) is 0 Å². The zero-order valence-electron chi connectivity index (χ0n) is 2.01. The van der Waals surface area contributed by atoms with E-state index >= 15 is 0 Å². The molecule has 0 fully saturated rings. The molecule has 0 radical (unpaired) electrons. The first-order chi connectivity index (χ1) is 2.00. The van der Waals surface area contributed by atoms with E-state index in [2.05, 4.69) is 0 Å². The van der Waals surface area contributed by atoms with Crippen LogP contribution in [-0.2, 0) is 0 Å². The summed E-state index contributed by atoms with van der Waals surface area (Å²) in [6, 6.07) is 0. The van der Waals surface area contributed by atoms with Crippen LogP contribution in [0, 0.1) is 0 Å². The topological polar surface area (TPSA) is 0 Å². The van der Waals surface area contributed by atoms with Crippen LogP contribution in [-0.4, -0.2) is 15.4 Å². The molecule has 0 heterocycles. The van der Waals surface area contributed by atoms with Crippen LogP contribution >= 0.6 is 44.3 Å². The van der Waals surface area contributed by atoms with Crippen LogP contribution in [0.2, 0.25) is 0 Å². The zero-order valence-corrected chi connectivity index (χ0v) is 6.04. The van der Waals surface area contributed by atoms with E-state index in [1.807, 2.05) is 0 Å². The van der Waals surface area contributed by atoms with Gasteiger partial charge in [-0.05, 0) is 0 Å². The average Bonchev–Trinajstić information content (AvgIpc) is 0.722. The fourth-order valence-corrected chi connectivity index (χ4v) is 0. The standard InChI is InChI=1S/Be.Cl4Si.2H/c;1-5(2,3)4;;. The summed E-state index contributed by atoms with van der Waals surface area (Å²) in [4.78, 5) is 0. The first-order valence-corrected chi connectivity index (χ1v) is 6.80. The Morgan fingerprint density at radius 3 is 0.833 bits per heavy atom. The first kappa shape index (κ1) is 10.5. The number of rotatable bonds is 0. The van der Waals surface area contributed by atoms with Gasteiger partial charge in [0.05, 0.1) is 0 Å². The van der Waals surface area contributed by atoms with Crippen molar-refractivity contribution in [2.24, 2.45) is 0 Å². The summed E-state index contributed by atoms with van der Waals surface area (Å²) < 4.78 is 0. The van der Waals surface area contributed by atoms with Crippen LogP contribution in [0.1, 0.15) is 0 Å². The minimum atomic E-state index is -2.72. The molecule has 0 bridgehead atoms. The van der Waals surface area contributed by atoms with E-state index in [-0.39, 0.29) is 10.1 Å². The third-order valence-corrected chi connectivity index (χ3v) is 0. The van der Waals surface area contributed by atoms with Gasteiger partial charge in [0.15, 0.2) is 0 Å². The molecule has 0 aliphatic heterocycles. The quantitative estimate of drug-likeness (QED) is 0.392. The molecule has 0 aliphatic carbocycles. The van der Waals surface area contributed by atoms with Crippen molar-refractivity contribution < 1.29 is 0 Å². The van der Waals surface area contributed by atoms with Gasteiger partial charge in [0, 0.05) is 0 Å². The summed E-state index contributed by atoms with van der Waals surface area (Å²) in [5, 5.41) is -2.72.